The minimum absolute atomic E-state index is 0.147. The standard InChI is InChI=1S/C14H13FN6O2S/c1-8-18-19-20-21(8)12-5-9(3-4-10(12)15)16-14(22)11-7-24-13(17-11)6-23-2/h3-5,7H,6H2,1-2H3,(H,16,22). The molecule has 0 aliphatic rings. The predicted octanol–water partition coefficient (Wildman–Crippen LogP) is 1.97. The maximum absolute atomic E-state index is 14.0. The van der Waals surface area contributed by atoms with E-state index >= 15 is 0 Å². The normalized spacial score (nSPS) is 10.8. The molecule has 0 aliphatic heterocycles. The van der Waals surface area contributed by atoms with Gasteiger partial charge in [0.05, 0.1) is 6.61 Å². The summed E-state index contributed by atoms with van der Waals surface area (Å²) in [6.07, 6.45) is 0. The molecule has 0 saturated carbocycles. The molecule has 2 aromatic heterocycles. The van der Waals surface area contributed by atoms with Crippen LogP contribution >= 0.6 is 11.3 Å². The number of hydrogen-bond donors (Lipinski definition) is 1. The van der Waals surface area contributed by atoms with Gasteiger partial charge in [-0.2, -0.15) is 4.68 Å². The molecule has 8 nitrogen and oxygen atoms in total. The number of nitrogens with zero attached hydrogens (tertiary/aromatic N) is 5. The minimum Gasteiger partial charge on any atom is -0.378 e. The summed E-state index contributed by atoms with van der Waals surface area (Å²) in [7, 11) is 1.56. The zero-order valence-electron chi connectivity index (χ0n) is 12.9. The molecule has 2 heterocycles. The summed E-state index contributed by atoms with van der Waals surface area (Å²) < 4.78 is 20.2. The van der Waals surface area contributed by atoms with E-state index in [9.17, 15) is 9.18 Å². The van der Waals surface area contributed by atoms with Crippen LogP contribution in [-0.2, 0) is 11.3 Å². The summed E-state index contributed by atoms with van der Waals surface area (Å²) in [4.78, 5) is 16.4. The van der Waals surface area contributed by atoms with Crippen molar-refractivity contribution in [1.29, 1.82) is 0 Å². The number of halogens is 1. The Morgan fingerprint density at radius 1 is 1.46 bits per heavy atom. The highest BCUT2D eigenvalue weighted by Gasteiger charge is 2.14. The lowest BCUT2D eigenvalue weighted by Crippen LogP contribution is -2.13. The molecule has 0 aliphatic carbocycles. The quantitative estimate of drug-likeness (QED) is 0.757. The zero-order valence-corrected chi connectivity index (χ0v) is 13.7. The number of tetrazole rings is 1. The van der Waals surface area contributed by atoms with E-state index in [-0.39, 0.29) is 17.3 Å². The molecule has 24 heavy (non-hydrogen) atoms. The second-order valence-electron chi connectivity index (χ2n) is 4.82. The number of hydrogen-bond acceptors (Lipinski definition) is 7. The number of benzene rings is 1. The van der Waals surface area contributed by atoms with Crippen molar-refractivity contribution in [3.63, 3.8) is 0 Å². The summed E-state index contributed by atoms with van der Waals surface area (Å²) in [5, 5.41) is 16.0. The van der Waals surface area contributed by atoms with Gasteiger partial charge < -0.3 is 10.1 Å². The second kappa shape index (κ2) is 6.81. The van der Waals surface area contributed by atoms with Gasteiger partial charge in [0.25, 0.3) is 5.91 Å². The molecule has 0 unspecified atom stereocenters. The molecule has 1 N–H and O–H groups in total. The molecule has 0 saturated heterocycles. The van der Waals surface area contributed by atoms with Crippen LogP contribution in [0.4, 0.5) is 10.1 Å². The smallest absolute Gasteiger partial charge is 0.275 e. The lowest BCUT2D eigenvalue weighted by Gasteiger charge is -2.08. The van der Waals surface area contributed by atoms with E-state index in [1.807, 2.05) is 0 Å². The van der Waals surface area contributed by atoms with Crippen LogP contribution in [0.1, 0.15) is 21.3 Å². The molecular formula is C14H13FN6O2S. The third kappa shape index (κ3) is 3.29. The van der Waals surface area contributed by atoms with Gasteiger partial charge in [0, 0.05) is 18.2 Å². The number of amides is 1. The SMILES string of the molecule is COCc1nc(C(=O)Nc2ccc(F)c(-n3nnnc3C)c2)cs1. The topological polar surface area (TPSA) is 94.8 Å². The maximum atomic E-state index is 14.0. The summed E-state index contributed by atoms with van der Waals surface area (Å²) >= 11 is 1.33. The Bertz CT molecular complexity index is 878. The van der Waals surface area contributed by atoms with E-state index in [0.29, 0.717) is 23.1 Å². The number of methoxy groups -OCH3 is 1. The number of aryl methyl sites for hydroxylation is 1. The van der Waals surface area contributed by atoms with Crippen LogP contribution in [-0.4, -0.2) is 38.2 Å². The fourth-order valence-electron chi connectivity index (χ4n) is 2.01. The number of anilines is 1. The first-order valence-corrected chi connectivity index (χ1v) is 7.76. The monoisotopic (exact) mass is 348 g/mol. The number of thiazole rings is 1. The Balaban J connectivity index is 1.82. The van der Waals surface area contributed by atoms with Crippen molar-refractivity contribution in [1.82, 2.24) is 25.2 Å². The summed E-state index contributed by atoms with van der Waals surface area (Å²) in [6, 6.07) is 4.15. The van der Waals surface area contributed by atoms with Crippen molar-refractivity contribution < 1.29 is 13.9 Å². The van der Waals surface area contributed by atoms with Crippen molar-refractivity contribution in [2.75, 3.05) is 12.4 Å². The highest BCUT2D eigenvalue weighted by molar-refractivity contribution is 7.09. The van der Waals surface area contributed by atoms with Crippen LogP contribution in [0.15, 0.2) is 23.6 Å². The lowest BCUT2D eigenvalue weighted by atomic mass is 10.2. The average Bonchev–Trinajstić information content (AvgIpc) is 3.19. The van der Waals surface area contributed by atoms with Gasteiger partial charge in [-0.25, -0.2) is 9.37 Å². The Kier molecular flexibility index (Phi) is 4.58. The number of ether oxygens (including phenoxy) is 1. The summed E-state index contributed by atoms with van der Waals surface area (Å²) in [5.74, 6) is -0.458. The Morgan fingerprint density at radius 3 is 3.00 bits per heavy atom. The predicted molar refractivity (Wildman–Crippen MR) is 84.6 cm³/mol. The molecular weight excluding hydrogens is 335 g/mol. The molecule has 0 atom stereocenters. The highest BCUT2D eigenvalue weighted by atomic mass is 32.1. The Morgan fingerprint density at radius 2 is 2.29 bits per heavy atom. The largest absolute Gasteiger partial charge is 0.378 e. The molecule has 0 fully saturated rings. The average molecular weight is 348 g/mol. The summed E-state index contributed by atoms with van der Waals surface area (Å²) in [5.41, 5.74) is 0.831. The van der Waals surface area contributed by atoms with Gasteiger partial charge in [0.1, 0.15) is 22.2 Å². The van der Waals surface area contributed by atoms with Crippen molar-refractivity contribution in [2.24, 2.45) is 0 Å². The molecule has 1 aromatic carbocycles. The fraction of sp³-hybridized carbons (Fsp3) is 0.214. The molecule has 0 bridgehead atoms. The molecule has 10 heteroatoms. The van der Waals surface area contributed by atoms with E-state index in [2.05, 4.69) is 25.8 Å². The lowest BCUT2D eigenvalue weighted by molar-refractivity contribution is 0.102. The van der Waals surface area contributed by atoms with Crippen LogP contribution in [0.3, 0.4) is 0 Å². The van der Waals surface area contributed by atoms with Gasteiger partial charge in [-0.3, -0.25) is 4.79 Å². The minimum atomic E-state index is -0.501. The van der Waals surface area contributed by atoms with Gasteiger partial charge in [-0.05, 0) is 35.5 Å². The molecule has 124 valence electrons. The third-order valence-electron chi connectivity index (χ3n) is 3.11. The van der Waals surface area contributed by atoms with Gasteiger partial charge >= 0.3 is 0 Å². The van der Waals surface area contributed by atoms with Crippen molar-refractivity contribution in [2.45, 2.75) is 13.5 Å². The van der Waals surface area contributed by atoms with Crippen LogP contribution in [0.2, 0.25) is 0 Å². The molecule has 3 aromatic rings. The van der Waals surface area contributed by atoms with E-state index in [0.717, 1.165) is 0 Å². The van der Waals surface area contributed by atoms with Gasteiger partial charge in [-0.15, -0.1) is 16.4 Å². The first-order valence-electron chi connectivity index (χ1n) is 6.88. The maximum Gasteiger partial charge on any atom is 0.275 e. The van der Waals surface area contributed by atoms with Crippen LogP contribution in [0, 0.1) is 12.7 Å². The van der Waals surface area contributed by atoms with Crippen molar-refractivity contribution in [3.8, 4) is 5.69 Å². The van der Waals surface area contributed by atoms with Gasteiger partial charge in [-0.1, -0.05) is 0 Å². The zero-order chi connectivity index (χ0) is 17.1. The van der Waals surface area contributed by atoms with Crippen molar-refractivity contribution >= 4 is 22.9 Å². The molecule has 3 rings (SSSR count). The van der Waals surface area contributed by atoms with Crippen LogP contribution in [0.5, 0.6) is 0 Å². The number of carbonyl (C=O) groups excluding carboxylic acids is 1. The van der Waals surface area contributed by atoms with Crippen LogP contribution in [0.25, 0.3) is 5.69 Å². The van der Waals surface area contributed by atoms with E-state index < -0.39 is 5.82 Å². The van der Waals surface area contributed by atoms with Crippen LogP contribution < -0.4 is 5.32 Å². The van der Waals surface area contributed by atoms with E-state index in [4.69, 9.17) is 4.74 Å². The number of rotatable bonds is 5. The Hall–Kier alpha value is -2.72. The Labute approximate surface area is 140 Å². The van der Waals surface area contributed by atoms with Crippen molar-refractivity contribution in [3.05, 3.63) is 45.9 Å². The van der Waals surface area contributed by atoms with Gasteiger partial charge in [0.2, 0.25) is 0 Å². The first kappa shape index (κ1) is 16.1. The first-order chi connectivity index (χ1) is 11.6. The number of nitrogens with one attached hydrogen (secondary N) is 1. The highest BCUT2D eigenvalue weighted by Crippen LogP contribution is 2.20. The molecule has 0 spiro atoms. The van der Waals surface area contributed by atoms with E-state index in [1.54, 1.807) is 19.4 Å². The number of carbonyl (C=O) groups is 1. The third-order valence-corrected chi connectivity index (χ3v) is 3.93. The number of aromatic nitrogens is 5. The molecule has 1 amide bonds. The van der Waals surface area contributed by atoms with E-state index in [1.165, 1.54) is 34.2 Å². The fourth-order valence-corrected chi connectivity index (χ4v) is 2.75. The molecule has 0 radical (unpaired) electrons. The second-order valence-corrected chi connectivity index (χ2v) is 5.76. The summed E-state index contributed by atoms with van der Waals surface area (Å²) in [6.45, 7) is 1.99. The van der Waals surface area contributed by atoms with Gasteiger partial charge in [0.15, 0.2) is 5.82 Å².